The molecule has 0 saturated carbocycles. The third-order valence-electron chi connectivity index (χ3n) is 4.00. The molecule has 0 bridgehead atoms. The molecule has 0 aliphatic rings. The zero-order valence-corrected chi connectivity index (χ0v) is 15.1. The van der Waals surface area contributed by atoms with Crippen molar-refractivity contribution in [2.45, 2.75) is 0 Å². The molecule has 4 aromatic rings. The summed E-state index contributed by atoms with van der Waals surface area (Å²) in [6.45, 7) is 0. The number of rotatable bonds is 5. The molecule has 0 saturated heterocycles. The van der Waals surface area contributed by atoms with Gasteiger partial charge in [0.15, 0.2) is 0 Å². The Morgan fingerprint density at radius 1 is 1.21 bits per heavy atom. The van der Waals surface area contributed by atoms with E-state index in [4.69, 9.17) is 9.15 Å². The summed E-state index contributed by atoms with van der Waals surface area (Å²) in [6, 6.07) is 15.6. The van der Waals surface area contributed by atoms with Gasteiger partial charge in [-0.05, 0) is 41.8 Å². The number of aromatic carboxylic acids is 1. The van der Waals surface area contributed by atoms with Crippen LogP contribution in [0, 0.1) is 11.3 Å². The molecule has 0 aliphatic carbocycles. The van der Waals surface area contributed by atoms with Crippen LogP contribution in [-0.2, 0) is 0 Å². The Balaban J connectivity index is 1.87. The summed E-state index contributed by atoms with van der Waals surface area (Å²) in [5.41, 5.74) is 2.32. The minimum atomic E-state index is -1.06. The molecule has 0 unspecified atom stereocenters. The Kier molecular flexibility index (Phi) is 4.62. The second-order valence-corrected chi connectivity index (χ2v) is 6.72. The van der Waals surface area contributed by atoms with E-state index in [-0.39, 0.29) is 22.8 Å². The van der Waals surface area contributed by atoms with E-state index in [2.05, 4.69) is 11.1 Å². The van der Waals surface area contributed by atoms with E-state index < -0.39 is 5.97 Å². The summed E-state index contributed by atoms with van der Waals surface area (Å²) in [5, 5.41) is 20.9. The molecular formula is C21H12N2O4S. The third-order valence-corrected chi connectivity index (χ3v) is 4.89. The number of nitriles is 1. The highest BCUT2D eigenvalue weighted by molar-refractivity contribution is 7.13. The summed E-state index contributed by atoms with van der Waals surface area (Å²) in [4.78, 5) is 16.6. The Hall–Kier alpha value is -3.89. The van der Waals surface area contributed by atoms with Gasteiger partial charge in [-0.1, -0.05) is 12.1 Å². The quantitative estimate of drug-likeness (QED) is 0.489. The molecule has 136 valence electrons. The number of thiophene rings is 1. The number of carboxylic acids is 1. The largest absolute Gasteiger partial charge is 0.478 e. The lowest BCUT2D eigenvalue weighted by Crippen LogP contribution is -1.99. The van der Waals surface area contributed by atoms with Crippen LogP contribution in [-0.4, -0.2) is 16.1 Å². The van der Waals surface area contributed by atoms with Crippen molar-refractivity contribution in [2.24, 2.45) is 0 Å². The van der Waals surface area contributed by atoms with Gasteiger partial charge < -0.3 is 14.3 Å². The highest BCUT2D eigenvalue weighted by atomic mass is 32.1. The summed E-state index contributed by atoms with van der Waals surface area (Å²) < 4.78 is 11.0. The molecule has 4 rings (SSSR count). The average Bonchev–Trinajstić information content (AvgIpc) is 3.41. The van der Waals surface area contributed by atoms with Crippen molar-refractivity contribution in [1.29, 1.82) is 5.26 Å². The van der Waals surface area contributed by atoms with Crippen LogP contribution in [0.1, 0.15) is 15.9 Å². The minimum Gasteiger partial charge on any atom is -0.478 e. The van der Waals surface area contributed by atoms with Gasteiger partial charge in [0, 0.05) is 11.1 Å². The van der Waals surface area contributed by atoms with Crippen LogP contribution >= 0.6 is 11.3 Å². The Bertz CT molecular complexity index is 1180. The van der Waals surface area contributed by atoms with Crippen LogP contribution in [0.4, 0.5) is 0 Å². The van der Waals surface area contributed by atoms with Gasteiger partial charge in [0.2, 0.25) is 5.88 Å². The lowest BCUT2D eigenvalue weighted by molar-refractivity contribution is 0.0696. The van der Waals surface area contributed by atoms with E-state index in [1.165, 1.54) is 29.7 Å². The summed E-state index contributed by atoms with van der Waals surface area (Å²) in [5.74, 6) is -0.678. The van der Waals surface area contributed by atoms with E-state index in [9.17, 15) is 15.2 Å². The maximum absolute atomic E-state index is 11.2. The van der Waals surface area contributed by atoms with Crippen LogP contribution in [0.3, 0.4) is 0 Å². The lowest BCUT2D eigenvalue weighted by Gasteiger charge is -2.12. The van der Waals surface area contributed by atoms with Crippen molar-refractivity contribution < 1.29 is 19.1 Å². The molecule has 6 nitrogen and oxygen atoms in total. The van der Waals surface area contributed by atoms with Gasteiger partial charge in [0.05, 0.1) is 28.7 Å². The Labute approximate surface area is 163 Å². The smallest absolute Gasteiger partial charge is 0.335 e. The van der Waals surface area contributed by atoms with Crippen molar-refractivity contribution >= 4 is 17.3 Å². The fourth-order valence-electron chi connectivity index (χ4n) is 2.70. The number of pyridine rings is 1. The highest BCUT2D eigenvalue weighted by Crippen LogP contribution is 2.36. The first kappa shape index (κ1) is 17.5. The van der Waals surface area contributed by atoms with Gasteiger partial charge in [0.25, 0.3) is 0 Å². The van der Waals surface area contributed by atoms with Crippen LogP contribution in [0.5, 0.6) is 11.6 Å². The summed E-state index contributed by atoms with van der Waals surface area (Å²) in [6.07, 6.45) is 3.07. The Morgan fingerprint density at radius 3 is 2.79 bits per heavy atom. The number of carboxylic acid groups (broad SMARTS) is 1. The number of aromatic nitrogens is 1. The van der Waals surface area contributed by atoms with E-state index in [0.717, 1.165) is 10.4 Å². The minimum absolute atomic E-state index is 0.0838. The number of carbonyl (C=O) groups is 1. The van der Waals surface area contributed by atoms with Gasteiger partial charge in [-0.3, -0.25) is 0 Å². The molecular weight excluding hydrogens is 376 g/mol. The monoisotopic (exact) mass is 388 g/mol. The average molecular weight is 388 g/mol. The van der Waals surface area contributed by atoms with Crippen molar-refractivity contribution in [3.63, 3.8) is 0 Å². The van der Waals surface area contributed by atoms with Crippen LogP contribution in [0.2, 0.25) is 0 Å². The SMILES string of the molecule is N#Cc1c(-c2ccoc2)cc(-c2cccs2)nc1Oc1cccc(C(=O)O)c1. The fraction of sp³-hybridized carbons (Fsp3) is 0. The van der Waals surface area contributed by atoms with E-state index in [1.807, 2.05) is 23.6 Å². The summed E-state index contributed by atoms with van der Waals surface area (Å²) >= 11 is 1.51. The number of benzene rings is 1. The van der Waals surface area contributed by atoms with Gasteiger partial charge in [0.1, 0.15) is 17.4 Å². The molecule has 3 heterocycles. The van der Waals surface area contributed by atoms with Crippen molar-refractivity contribution in [3.8, 4) is 39.4 Å². The number of ether oxygens (including phenoxy) is 1. The van der Waals surface area contributed by atoms with Gasteiger partial charge in [-0.2, -0.15) is 5.26 Å². The first-order valence-corrected chi connectivity index (χ1v) is 9.06. The summed E-state index contributed by atoms with van der Waals surface area (Å²) in [7, 11) is 0. The van der Waals surface area contributed by atoms with Crippen molar-refractivity contribution in [3.05, 3.63) is 77.6 Å². The first-order valence-electron chi connectivity index (χ1n) is 8.18. The molecule has 28 heavy (non-hydrogen) atoms. The van der Waals surface area contributed by atoms with E-state index in [1.54, 1.807) is 24.5 Å². The highest BCUT2D eigenvalue weighted by Gasteiger charge is 2.18. The van der Waals surface area contributed by atoms with Crippen molar-refractivity contribution in [1.82, 2.24) is 4.98 Å². The fourth-order valence-corrected chi connectivity index (χ4v) is 3.39. The molecule has 0 spiro atoms. The van der Waals surface area contributed by atoms with E-state index >= 15 is 0 Å². The number of hydrogen-bond acceptors (Lipinski definition) is 6. The topological polar surface area (TPSA) is 96.4 Å². The Morgan fingerprint density at radius 2 is 2.11 bits per heavy atom. The van der Waals surface area contributed by atoms with Gasteiger partial charge in [-0.25, -0.2) is 9.78 Å². The molecule has 0 radical (unpaired) electrons. The number of nitrogens with zero attached hydrogens (tertiary/aromatic N) is 2. The van der Waals surface area contributed by atoms with Crippen molar-refractivity contribution in [2.75, 3.05) is 0 Å². The maximum Gasteiger partial charge on any atom is 0.335 e. The van der Waals surface area contributed by atoms with Gasteiger partial charge >= 0.3 is 5.97 Å². The zero-order valence-electron chi connectivity index (χ0n) is 14.3. The van der Waals surface area contributed by atoms with Crippen LogP contribution in [0.25, 0.3) is 21.7 Å². The number of hydrogen-bond donors (Lipinski definition) is 1. The molecule has 1 N–H and O–H groups in total. The maximum atomic E-state index is 11.2. The molecule has 0 atom stereocenters. The predicted molar refractivity (Wildman–Crippen MR) is 103 cm³/mol. The molecule has 3 aromatic heterocycles. The second kappa shape index (κ2) is 7.39. The van der Waals surface area contributed by atoms with Crippen LogP contribution < -0.4 is 4.74 Å². The van der Waals surface area contributed by atoms with Gasteiger partial charge in [-0.15, -0.1) is 11.3 Å². The molecule has 0 amide bonds. The molecule has 1 aromatic carbocycles. The lowest BCUT2D eigenvalue weighted by atomic mass is 10.0. The molecule has 0 fully saturated rings. The zero-order chi connectivity index (χ0) is 19.5. The molecule has 7 heteroatoms. The van der Waals surface area contributed by atoms with E-state index in [0.29, 0.717) is 11.3 Å². The standard InChI is InChI=1S/C21H12N2O4S/c22-11-17-16(14-6-7-26-12-14)10-18(19-5-2-8-28-19)23-20(17)27-15-4-1-3-13(9-15)21(24)25/h1-10,12H,(H,24,25). The predicted octanol–water partition coefficient (Wildman–Crippen LogP) is 5.43. The normalized spacial score (nSPS) is 10.4. The second-order valence-electron chi connectivity index (χ2n) is 5.77. The third kappa shape index (κ3) is 3.37. The molecule has 0 aliphatic heterocycles. The van der Waals surface area contributed by atoms with Crippen LogP contribution in [0.15, 0.2) is 70.9 Å². The number of furan rings is 1. The first-order chi connectivity index (χ1) is 13.7.